The third-order valence-electron chi connectivity index (χ3n) is 2.93. The Morgan fingerprint density at radius 3 is 2.88 bits per heavy atom. The maximum absolute atomic E-state index is 5.30. The van der Waals surface area contributed by atoms with Crippen LogP contribution in [0.15, 0.2) is 18.3 Å². The lowest BCUT2D eigenvalue weighted by atomic mass is 10.1. The fraction of sp³-hybridized carbons (Fsp3) is 0.385. The molecule has 0 bridgehead atoms. The molecule has 0 unspecified atom stereocenters. The average molecular weight is 218 g/mol. The van der Waals surface area contributed by atoms with E-state index in [1.807, 2.05) is 7.05 Å². The van der Waals surface area contributed by atoms with E-state index in [1.54, 1.807) is 7.11 Å². The number of hydrogen-bond acceptors (Lipinski definition) is 2. The highest BCUT2D eigenvalue weighted by Gasteiger charge is 2.07. The fourth-order valence-corrected chi connectivity index (χ4v) is 2.02. The van der Waals surface area contributed by atoms with E-state index in [9.17, 15) is 0 Å². The smallest absolute Gasteiger partial charge is 0.119 e. The van der Waals surface area contributed by atoms with Crippen LogP contribution < -0.4 is 10.1 Å². The van der Waals surface area contributed by atoms with E-state index in [-0.39, 0.29) is 0 Å². The molecule has 16 heavy (non-hydrogen) atoms. The molecule has 3 nitrogen and oxygen atoms in total. The number of likely N-dealkylation sites (N-methyl/N-ethyl adjacent to an activating group) is 1. The predicted octanol–water partition coefficient (Wildman–Crippen LogP) is 2.25. The van der Waals surface area contributed by atoms with Crippen LogP contribution in [0, 0.1) is 6.92 Å². The van der Waals surface area contributed by atoms with Crippen LogP contribution in [0.25, 0.3) is 10.9 Å². The summed E-state index contributed by atoms with van der Waals surface area (Å²) in [4.78, 5) is 3.33. The molecule has 1 aromatic heterocycles. The van der Waals surface area contributed by atoms with Gasteiger partial charge in [0.05, 0.1) is 7.11 Å². The van der Waals surface area contributed by atoms with E-state index in [1.165, 1.54) is 22.0 Å². The molecule has 0 radical (unpaired) electrons. The zero-order valence-corrected chi connectivity index (χ0v) is 10.1. The number of rotatable bonds is 4. The van der Waals surface area contributed by atoms with Crippen molar-refractivity contribution in [3.05, 3.63) is 29.5 Å². The maximum atomic E-state index is 5.30. The average Bonchev–Trinajstić information content (AvgIpc) is 2.70. The molecule has 0 fully saturated rings. The summed E-state index contributed by atoms with van der Waals surface area (Å²) in [5.74, 6) is 0.926. The Balaban J connectivity index is 2.47. The molecule has 1 heterocycles. The Morgan fingerprint density at radius 2 is 2.19 bits per heavy atom. The topological polar surface area (TPSA) is 37.0 Å². The molecule has 86 valence electrons. The Morgan fingerprint density at radius 1 is 1.38 bits per heavy atom. The summed E-state index contributed by atoms with van der Waals surface area (Å²) < 4.78 is 5.30. The lowest BCUT2D eigenvalue weighted by molar-refractivity contribution is 0.415. The van der Waals surface area contributed by atoms with Gasteiger partial charge in [0.25, 0.3) is 0 Å². The highest BCUT2D eigenvalue weighted by atomic mass is 16.5. The van der Waals surface area contributed by atoms with Gasteiger partial charge >= 0.3 is 0 Å². The summed E-state index contributed by atoms with van der Waals surface area (Å²) in [6.07, 6.45) is 3.12. The van der Waals surface area contributed by atoms with Crippen molar-refractivity contribution in [2.24, 2.45) is 0 Å². The van der Waals surface area contributed by atoms with E-state index in [4.69, 9.17) is 4.74 Å². The molecule has 2 rings (SSSR count). The van der Waals surface area contributed by atoms with Crippen molar-refractivity contribution in [2.45, 2.75) is 13.3 Å². The molecule has 3 heteroatoms. The largest absolute Gasteiger partial charge is 0.497 e. The molecule has 0 saturated carbocycles. The number of benzene rings is 1. The zero-order chi connectivity index (χ0) is 11.5. The molecule has 0 aliphatic rings. The summed E-state index contributed by atoms with van der Waals surface area (Å²) in [6, 6.07) is 4.16. The second kappa shape index (κ2) is 4.58. The normalized spacial score (nSPS) is 10.9. The van der Waals surface area contributed by atoms with Gasteiger partial charge < -0.3 is 15.0 Å². The van der Waals surface area contributed by atoms with Crippen LogP contribution in [0.4, 0.5) is 0 Å². The van der Waals surface area contributed by atoms with Gasteiger partial charge in [0.1, 0.15) is 5.75 Å². The van der Waals surface area contributed by atoms with Crippen molar-refractivity contribution in [2.75, 3.05) is 20.7 Å². The molecule has 0 atom stereocenters. The van der Waals surface area contributed by atoms with Crippen molar-refractivity contribution in [1.82, 2.24) is 10.3 Å². The molecule has 0 aliphatic carbocycles. The second-order valence-corrected chi connectivity index (χ2v) is 4.03. The van der Waals surface area contributed by atoms with Crippen LogP contribution >= 0.6 is 0 Å². The van der Waals surface area contributed by atoms with Gasteiger partial charge in [-0.1, -0.05) is 0 Å². The first kappa shape index (κ1) is 11.0. The fourth-order valence-electron chi connectivity index (χ4n) is 2.02. The molecule has 2 aromatic rings. The van der Waals surface area contributed by atoms with Crippen LogP contribution in [0.5, 0.6) is 5.75 Å². The third-order valence-corrected chi connectivity index (χ3v) is 2.93. The molecular formula is C13H18N2O. The first-order chi connectivity index (χ1) is 7.76. The number of ether oxygens (including phenoxy) is 1. The van der Waals surface area contributed by atoms with Crippen LogP contribution in [0.3, 0.4) is 0 Å². The number of H-pyrrole nitrogens is 1. The first-order valence-corrected chi connectivity index (χ1v) is 5.55. The van der Waals surface area contributed by atoms with E-state index >= 15 is 0 Å². The molecule has 0 aliphatic heterocycles. The number of hydrogen-bond donors (Lipinski definition) is 2. The van der Waals surface area contributed by atoms with Gasteiger partial charge in [-0.25, -0.2) is 0 Å². The monoisotopic (exact) mass is 218 g/mol. The summed E-state index contributed by atoms with van der Waals surface area (Å²) >= 11 is 0. The summed E-state index contributed by atoms with van der Waals surface area (Å²) in [5, 5.41) is 4.44. The molecule has 0 spiro atoms. The lowest BCUT2D eigenvalue weighted by Crippen LogP contribution is -2.09. The van der Waals surface area contributed by atoms with Crippen LogP contribution in [0.1, 0.15) is 11.1 Å². The number of aryl methyl sites for hydroxylation is 1. The standard InChI is InChI=1S/C13H18N2O/c1-9-6-11(16-3)7-12-10(4-5-14-2)8-15-13(9)12/h6-8,14-15H,4-5H2,1-3H3. The highest BCUT2D eigenvalue weighted by Crippen LogP contribution is 2.27. The van der Waals surface area contributed by atoms with Crippen molar-refractivity contribution < 1.29 is 4.74 Å². The molecule has 1 aromatic carbocycles. The number of methoxy groups -OCH3 is 1. The van der Waals surface area contributed by atoms with Crippen LogP contribution in [0.2, 0.25) is 0 Å². The van der Waals surface area contributed by atoms with Gasteiger partial charge in [0.15, 0.2) is 0 Å². The minimum atomic E-state index is 0.926. The van der Waals surface area contributed by atoms with Crippen molar-refractivity contribution in [3.63, 3.8) is 0 Å². The van der Waals surface area contributed by atoms with Crippen molar-refractivity contribution in [3.8, 4) is 5.75 Å². The zero-order valence-electron chi connectivity index (χ0n) is 10.1. The van der Waals surface area contributed by atoms with Crippen molar-refractivity contribution in [1.29, 1.82) is 0 Å². The van der Waals surface area contributed by atoms with Gasteiger partial charge in [0.2, 0.25) is 0 Å². The van der Waals surface area contributed by atoms with Gasteiger partial charge in [-0.15, -0.1) is 0 Å². The predicted molar refractivity (Wildman–Crippen MR) is 67.2 cm³/mol. The number of nitrogens with one attached hydrogen (secondary N) is 2. The Kier molecular flexibility index (Phi) is 3.15. The van der Waals surface area contributed by atoms with Crippen LogP contribution in [-0.2, 0) is 6.42 Å². The minimum absolute atomic E-state index is 0.926. The first-order valence-electron chi connectivity index (χ1n) is 5.55. The quantitative estimate of drug-likeness (QED) is 0.826. The Bertz CT molecular complexity index is 488. The number of aromatic amines is 1. The van der Waals surface area contributed by atoms with Gasteiger partial charge in [-0.2, -0.15) is 0 Å². The number of fused-ring (bicyclic) bond motifs is 1. The van der Waals surface area contributed by atoms with Crippen LogP contribution in [-0.4, -0.2) is 25.7 Å². The third kappa shape index (κ3) is 1.91. The minimum Gasteiger partial charge on any atom is -0.497 e. The summed E-state index contributed by atoms with van der Waals surface area (Å²) in [5.41, 5.74) is 3.78. The Hall–Kier alpha value is -1.48. The number of aromatic nitrogens is 1. The van der Waals surface area contributed by atoms with Gasteiger partial charge in [0, 0.05) is 17.1 Å². The van der Waals surface area contributed by atoms with E-state index in [0.29, 0.717) is 0 Å². The summed E-state index contributed by atoms with van der Waals surface area (Å²) in [7, 11) is 3.68. The molecule has 2 N–H and O–H groups in total. The van der Waals surface area contributed by atoms with Gasteiger partial charge in [-0.3, -0.25) is 0 Å². The summed E-state index contributed by atoms with van der Waals surface area (Å²) in [6.45, 7) is 3.09. The van der Waals surface area contributed by atoms with E-state index in [0.717, 1.165) is 18.7 Å². The van der Waals surface area contributed by atoms with Crippen molar-refractivity contribution >= 4 is 10.9 Å². The second-order valence-electron chi connectivity index (χ2n) is 4.03. The van der Waals surface area contributed by atoms with Gasteiger partial charge in [-0.05, 0) is 50.2 Å². The maximum Gasteiger partial charge on any atom is 0.119 e. The van der Waals surface area contributed by atoms with E-state index in [2.05, 4.69) is 35.6 Å². The highest BCUT2D eigenvalue weighted by molar-refractivity contribution is 5.87. The lowest BCUT2D eigenvalue weighted by Gasteiger charge is -2.04. The molecule has 0 amide bonds. The van der Waals surface area contributed by atoms with E-state index < -0.39 is 0 Å². The molecular weight excluding hydrogens is 200 g/mol. The molecule has 0 saturated heterocycles. The Labute approximate surface area is 95.8 Å². The SMILES string of the molecule is CNCCc1c[nH]c2c(C)cc(OC)cc12.